The molecule has 0 aliphatic heterocycles. The van der Waals surface area contributed by atoms with Crippen LogP contribution in [0.1, 0.15) is 22.6 Å². The third-order valence-corrected chi connectivity index (χ3v) is 4.18. The molecule has 27 heavy (non-hydrogen) atoms. The van der Waals surface area contributed by atoms with E-state index in [-0.39, 0.29) is 36.5 Å². The summed E-state index contributed by atoms with van der Waals surface area (Å²) in [6.07, 6.45) is 0. The summed E-state index contributed by atoms with van der Waals surface area (Å²) in [6, 6.07) is 18.6. The van der Waals surface area contributed by atoms with Crippen LogP contribution in [0.25, 0.3) is 0 Å². The average Bonchev–Trinajstić information content (AvgIpc) is 2.65. The maximum Gasteiger partial charge on any atom is 0.191 e. The molecule has 0 aromatic heterocycles. The number of hydrogen-bond donors (Lipinski definition) is 3. The van der Waals surface area contributed by atoms with Gasteiger partial charge in [-0.3, -0.25) is 4.99 Å². The summed E-state index contributed by atoms with van der Waals surface area (Å²) in [5.41, 5.74) is 3.63. The lowest BCUT2D eigenvalue weighted by Crippen LogP contribution is -2.39. The molecule has 0 saturated carbocycles. The Balaban J connectivity index is 0.00000364. The summed E-state index contributed by atoms with van der Waals surface area (Å²) in [5, 5.41) is 16.3. The Bertz CT molecular complexity index is 692. The molecular formula is C21H31IN4O. The van der Waals surface area contributed by atoms with Crippen molar-refractivity contribution in [2.75, 3.05) is 34.3 Å². The summed E-state index contributed by atoms with van der Waals surface area (Å²) in [4.78, 5) is 6.44. The molecule has 2 rings (SSSR count). The number of halogens is 1. The molecule has 1 unspecified atom stereocenters. The Kier molecular flexibility index (Phi) is 11.0. The summed E-state index contributed by atoms with van der Waals surface area (Å²) in [6.45, 7) is 2.35. The van der Waals surface area contributed by atoms with Gasteiger partial charge in [-0.15, -0.1) is 24.0 Å². The topological polar surface area (TPSA) is 59.9 Å². The molecule has 0 aliphatic carbocycles. The minimum absolute atomic E-state index is 0. The van der Waals surface area contributed by atoms with Crippen molar-refractivity contribution in [1.29, 1.82) is 0 Å². The molecule has 0 saturated heterocycles. The minimum Gasteiger partial charge on any atom is -0.396 e. The maximum atomic E-state index is 9.67. The Labute approximate surface area is 179 Å². The first kappa shape index (κ1) is 23.4. The molecule has 0 heterocycles. The molecule has 0 spiro atoms. The lowest BCUT2D eigenvalue weighted by Gasteiger charge is -2.18. The predicted octanol–water partition coefficient (Wildman–Crippen LogP) is 2.81. The van der Waals surface area contributed by atoms with Crippen LogP contribution >= 0.6 is 24.0 Å². The van der Waals surface area contributed by atoms with Crippen molar-refractivity contribution in [2.45, 2.75) is 19.0 Å². The van der Waals surface area contributed by atoms with E-state index in [1.807, 2.05) is 30.3 Å². The van der Waals surface area contributed by atoms with E-state index in [2.05, 4.69) is 58.9 Å². The predicted molar refractivity (Wildman–Crippen MR) is 124 cm³/mol. The summed E-state index contributed by atoms with van der Waals surface area (Å²) in [5.74, 6) is 0.774. The Morgan fingerprint density at radius 3 is 2.37 bits per heavy atom. The van der Waals surface area contributed by atoms with E-state index in [4.69, 9.17) is 0 Å². The van der Waals surface area contributed by atoms with Crippen molar-refractivity contribution in [3.8, 4) is 0 Å². The SMILES string of the molecule is CN=C(NCc1cccc(CN(C)C)c1)NCC(CO)c1ccccc1.I. The highest BCUT2D eigenvalue weighted by molar-refractivity contribution is 14.0. The molecule has 0 fully saturated rings. The molecule has 0 amide bonds. The molecular weight excluding hydrogens is 451 g/mol. The zero-order valence-corrected chi connectivity index (χ0v) is 18.7. The lowest BCUT2D eigenvalue weighted by molar-refractivity contribution is 0.265. The van der Waals surface area contributed by atoms with Gasteiger partial charge in [0.15, 0.2) is 5.96 Å². The first-order valence-corrected chi connectivity index (χ1v) is 8.95. The number of hydrogen-bond acceptors (Lipinski definition) is 3. The normalized spacial score (nSPS) is 12.4. The standard InChI is InChI=1S/C21H30N4O.HI/c1-22-21(24-14-20(16-26)19-10-5-4-6-11-19)23-13-17-8-7-9-18(12-17)15-25(2)3;/h4-12,20,26H,13-16H2,1-3H3,(H2,22,23,24);1H. The van der Waals surface area contributed by atoms with Crippen molar-refractivity contribution in [2.24, 2.45) is 4.99 Å². The Hall–Kier alpha value is -1.64. The van der Waals surface area contributed by atoms with Gasteiger partial charge in [0.2, 0.25) is 0 Å². The highest BCUT2D eigenvalue weighted by Gasteiger charge is 2.10. The van der Waals surface area contributed by atoms with Crippen molar-refractivity contribution in [3.05, 3.63) is 71.3 Å². The number of nitrogens with zero attached hydrogens (tertiary/aromatic N) is 2. The van der Waals surface area contributed by atoms with Gasteiger partial charge in [0.1, 0.15) is 0 Å². The number of aliphatic hydroxyl groups is 1. The van der Waals surface area contributed by atoms with Crippen LogP contribution in [0.4, 0.5) is 0 Å². The maximum absolute atomic E-state index is 9.67. The van der Waals surface area contributed by atoms with Gasteiger partial charge in [-0.25, -0.2) is 0 Å². The van der Waals surface area contributed by atoms with Crippen LogP contribution in [0.2, 0.25) is 0 Å². The van der Waals surface area contributed by atoms with E-state index < -0.39 is 0 Å². The largest absolute Gasteiger partial charge is 0.396 e. The van der Waals surface area contributed by atoms with Gasteiger partial charge >= 0.3 is 0 Å². The number of rotatable bonds is 8. The first-order valence-electron chi connectivity index (χ1n) is 8.95. The zero-order valence-electron chi connectivity index (χ0n) is 16.4. The van der Waals surface area contributed by atoms with Gasteiger partial charge < -0.3 is 20.6 Å². The van der Waals surface area contributed by atoms with Crippen molar-refractivity contribution < 1.29 is 5.11 Å². The Morgan fingerprint density at radius 2 is 1.74 bits per heavy atom. The fraction of sp³-hybridized carbons (Fsp3) is 0.381. The Morgan fingerprint density at radius 1 is 1.04 bits per heavy atom. The number of guanidine groups is 1. The number of aliphatic hydroxyl groups excluding tert-OH is 1. The van der Waals surface area contributed by atoms with Crippen LogP contribution in [0.5, 0.6) is 0 Å². The van der Waals surface area contributed by atoms with E-state index in [1.165, 1.54) is 11.1 Å². The molecule has 1 atom stereocenters. The third-order valence-electron chi connectivity index (χ3n) is 4.18. The second kappa shape index (κ2) is 12.7. The average molecular weight is 482 g/mol. The summed E-state index contributed by atoms with van der Waals surface area (Å²) in [7, 11) is 5.90. The second-order valence-corrected chi connectivity index (χ2v) is 6.65. The highest BCUT2D eigenvalue weighted by Crippen LogP contribution is 2.13. The molecule has 148 valence electrons. The minimum atomic E-state index is 0. The molecule has 3 N–H and O–H groups in total. The van der Waals surface area contributed by atoms with E-state index in [0.29, 0.717) is 13.1 Å². The molecule has 5 nitrogen and oxygen atoms in total. The highest BCUT2D eigenvalue weighted by atomic mass is 127. The fourth-order valence-corrected chi connectivity index (χ4v) is 2.84. The van der Waals surface area contributed by atoms with Crippen LogP contribution in [0, 0.1) is 0 Å². The van der Waals surface area contributed by atoms with Crippen LogP contribution < -0.4 is 10.6 Å². The van der Waals surface area contributed by atoms with E-state index >= 15 is 0 Å². The molecule has 0 bridgehead atoms. The quantitative estimate of drug-likeness (QED) is 0.308. The molecule has 6 heteroatoms. The van der Waals surface area contributed by atoms with Crippen LogP contribution in [-0.2, 0) is 13.1 Å². The van der Waals surface area contributed by atoms with E-state index in [9.17, 15) is 5.11 Å². The monoisotopic (exact) mass is 482 g/mol. The zero-order chi connectivity index (χ0) is 18.8. The van der Waals surface area contributed by atoms with Gasteiger partial charge in [0.25, 0.3) is 0 Å². The fourth-order valence-electron chi connectivity index (χ4n) is 2.84. The number of benzene rings is 2. The van der Waals surface area contributed by atoms with Crippen LogP contribution in [0.15, 0.2) is 59.6 Å². The van der Waals surface area contributed by atoms with E-state index in [1.54, 1.807) is 7.05 Å². The van der Waals surface area contributed by atoms with Crippen molar-refractivity contribution in [1.82, 2.24) is 15.5 Å². The second-order valence-electron chi connectivity index (χ2n) is 6.65. The third kappa shape index (κ3) is 8.28. The lowest BCUT2D eigenvalue weighted by atomic mass is 10.0. The van der Waals surface area contributed by atoms with Crippen LogP contribution in [-0.4, -0.2) is 50.3 Å². The summed E-state index contributed by atoms with van der Waals surface area (Å²) < 4.78 is 0. The van der Waals surface area contributed by atoms with Crippen molar-refractivity contribution in [3.63, 3.8) is 0 Å². The van der Waals surface area contributed by atoms with E-state index in [0.717, 1.165) is 18.1 Å². The van der Waals surface area contributed by atoms with Gasteiger partial charge in [-0.2, -0.15) is 0 Å². The molecule has 2 aromatic rings. The van der Waals surface area contributed by atoms with Gasteiger partial charge in [0.05, 0.1) is 6.61 Å². The van der Waals surface area contributed by atoms with Gasteiger partial charge in [0, 0.05) is 32.6 Å². The van der Waals surface area contributed by atoms with Gasteiger partial charge in [-0.1, -0.05) is 54.6 Å². The molecule has 2 aromatic carbocycles. The molecule has 0 aliphatic rings. The summed E-state index contributed by atoms with van der Waals surface area (Å²) >= 11 is 0. The van der Waals surface area contributed by atoms with Gasteiger partial charge in [-0.05, 0) is 30.8 Å². The molecule has 0 radical (unpaired) electrons. The number of nitrogens with one attached hydrogen (secondary N) is 2. The first-order chi connectivity index (χ1) is 12.6. The number of aliphatic imine (C=N–C) groups is 1. The van der Waals surface area contributed by atoms with Crippen molar-refractivity contribution >= 4 is 29.9 Å². The smallest absolute Gasteiger partial charge is 0.191 e. The van der Waals surface area contributed by atoms with Crippen LogP contribution in [0.3, 0.4) is 0 Å².